The third-order valence-electron chi connectivity index (χ3n) is 11.6. The Morgan fingerprint density at radius 3 is 1.59 bits per heavy atom. The van der Waals surface area contributed by atoms with Crippen molar-refractivity contribution in [2.45, 2.75) is 13.8 Å². The lowest BCUT2D eigenvalue weighted by atomic mass is 9.96. The van der Waals surface area contributed by atoms with E-state index >= 15 is 0 Å². The smallest absolute Gasteiger partial charge is 0.0547 e. The Morgan fingerprint density at radius 1 is 0.286 bits per heavy atom. The molecule has 0 amide bonds. The Hall–Kier alpha value is -7.16. The van der Waals surface area contributed by atoms with Crippen molar-refractivity contribution >= 4 is 54.4 Å². The molecule has 56 heavy (non-hydrogen) atoms. The Bertz CT molecular complexity index is 3310. The van der Waals surface area contributed by atoms with Crippen LogP contribution in [-0.4, -0.2) is 9.13 Å². The lowest BCUT2D eigenvalue weighted by Crippen LogP contribution is -1.94. The summed E-state index contributed by atoms with van der Waals surface area (Å²) in [6.07, 6.45) is 0. The molecule has 264 valence electrons. The molecular weight excluding hydrogens is 677 g/mol. The average Bonchev–Trinajstić information content (AvgIpc) is 3.91. The lowest BCUT2D eigenvalue weighted by molar-refractivity contribution is 1.18. The van der Waals surface area contributed by atoms with E-state index in [0.717, 1.165) is 5.69 Å². The van der Waals surface area contributed by atoms with Gasteiger partial charge in [-0.2, -0.15) is 0 Å². The van der Waals surface area contributed by atoms with Gasteiger partial charge in [0.25, 0.3) is 0 Å². The molecule has 1 aliphatic carbocycles. The molecule has 1 aliphatic rings. The summed E-state index contributed by atoms with van der Waals surface area (Å²) in [4.78, 5) is 0. The van der Waals surface area contributed by atoms with Gasteiger partial charge in [-0.05, 0) is 122 Å². The normalized spacial score (nSPS) is 11.8. The van der Waals surface area contributed by atoms with Gasteiger partial charge in [0.15, 0.2) is 0 Å². The van der Waals surface area contributed by atoms with Gasteiger partial charge in [-0.3, -0.25) is 0 Å². The Balaban J connectivity index is 0.00000179. The highest BCUT2D eigenvalue weighted by molar-refractivity contribution is 6.17. The van der Waals surface area contributed by atoms with Gasteiger partial charge in [0.05, 0.1) is 22.1 Å². The van der Waals surface area contributed by atoms with Crippen LogP contribution in [0.25, 0.3) is 110 Å². The SMILES string of the molecule is CC.c1ccc(-n2c3ccccc3c3ccc(-c4ccc5c(c4)c4ccccc4n5-c4ccc(-c5cc6c7c(cccc7c5)-c5ccccc5-6)cc4)cc32)cc1. The van der Waals surface area contributed by atoms with E-state index in [4.69, 9.17) is 0 Å². The van der Waals surface area contributed by atoms with E-state index in [0.29, 0.717) is 0 Å². The summed E-state index contributed by atoms with van der Waals surface area (Å²) in [7, 11) is 0. The molecule has 0 saturated carbocycles. The van der Waals surface area contributed by atoms with Crippen LogP contribution >= 0.6 is 0 Å². The van der Waals surface area contributed by atoms with Gasteiger partial charge in [-0.1, -0.05) is 141 Å². The van der Waals surface area contributed by atoms with Crippen LogP contribution in [0.3, 0.4) is 0 Å². The van der Waals surface area contributed by atoms with Gasteiger partial charge in [0.2, 0.25) is 0 Å². The Kier molecular flexibility index (Phi) is 7.33. The highest BCUT2D eigenvalue weighted by Gasteiger charge is 2.22. The fourth-order valence-corrected chi connectivity index (χ4v) is 9.22. The molecule has 2 aromatic heterocycles. The maximum absolute atomic E-state index is 2.41. The number of rotatable bonds is 4. The fraction of sp³-hybridized carbons (Fsp3) is 0.0370. The first kappa shape index (κ1) is 32.3. The second-order valence-corrected chi connectivity index (χ2v) is 14.5. The lowest BCUT2D eigenvalue weighted by Gasteiger charge is -2.11. The molecule has 11 aromatic rings. The van der Waals surface area contributed by atoms with E-state index in [-0.39, 0.29) is 0 Å². The van der Waals surface area contributed by atoms with Crippen LogP contribution in [-0.2, 0) is 0 Å². The fourth-order valence-electron chi connectivity index (χ4n) is 9.22. The summed E-state index contributed by atoms with van der Waals surface area (Å²) in [5.74, 6) is 0. The minimum absolute atomic E-state index is 1.16. The molecule has 12 rings (SSSR count). The third kappa shape index (κ3) is 4.76. The highest BCUT2D eigenvalue weighted by Crippen LogP contribution is 2.48. The van der Waals surface area contributed by atoms with Crippen molar-refractivity contribution in [1.29, 1.82) is 0 Å². The molecule has 0 N–H and O–H groups in total. The number of hydrogen-bond acceptors (Lipinski definition) is 0. The van der Waals surface area contributed by atoms with Crippen molar-refractivity contribution < 1.29 is 0 Å². The molecule has 0 saturated heterocycles. The summed E-state index contributed by atoms with van der Waals surface area (Å²) >= 11 is 0. The molecule has 0 aliphatic heterocycles. The molecule has 0 atom stereocenters. The molecule has 2 heterocycles. The van der Waals surface area contributed by atoms with Crippen LogP contribution in [0.2, 0.25) is 0 Å². The number of fused-ring (bicyclic) bond motifs is 9. The predicted octanol–water partition coefficient (Wildman–Crippen LogP) is 15.0. The summed E-state index contributed by atoms with van der Waals surface area (Å²) in [5, 5.41) is 7.70. The van der Waals surface area contributed by atoms with Crippen molar-refractivity contribution in [2.24, 2.45) is 0 Å². The molecule has 0 bridgehead atoms. The quantitative estimate of drug-likeness (QED) is 0.172. The summed E-state index contributed by atoms with van der Waals surface area (Å²) in [5.41, 5.74) is 17.4. The monoisotopic (exact) mass is 714 g/mol. The van der Waals surface area contributed by atoms with Crippen molar-refractivity contribution in [2.75, 3.05) is 0 Å². The minimum atomic E-state index is 1.16. The maximum Gasteiger partial charge on any atom is 0.0547 e. The number of hydrogen-bond donors (Lipinski definition) is 0. The van der Waals surface area contributed by atoms with Gasteiger partial charge in [0, 0.05) is 32.9 Å². The van der Waals surface area contributed by atoms with E-state index < -0.39 is 0 Å². The molecule has 0 spiro atoms. The summed E-state index contributed by atoms with van der Waals surface area (Å²) < 4.78 is 4.81. The van der Waals surface area contributed by atoms with Gasteiger partial charge in [0.1, 0.15) is 0 Å². The largest absolute Gasteiger partial charge is 0.309 e. The summed E-state index contributed by atoms with van der Waals surface area (Å²) in [6, 6.07) is 71.4. The topological polar surface area (TPSA) is 9.86 Å². The third-order valence-corrected chi connectivity index (χ3v) is 11.6. The van der Waals surface area contributed by atoms with E-state index in [2.05, 4.69) is 203 Å². The summed E-state index contributed by atoms with van der Waals surface area (Å²) in [6.45, 7) is 4.00. The number of benzene rings is 9. The number of para-hydroxylation sites is 3. The average molecular weight is 715 g/mol. The zero-order valence-electron chi connectivity index (χ0n) is 31.4. The van der Waals surface area contributed by atoms with Gasteiger partial charge < -0.3 is 9.13 Å². The van der Waals surface area contributed by atoms with Crippen molar-refractivity contribution in [1.82, 2.24) is 9.13 Å². The number of aromatic nitrogens is 2. The zero-order valence-corrected chi connectivity index (χ0v) is 31.4. The molecule has 2 nitrogen and oxygen atoms in total. The molecule has 9 aromatic carbocycles. The standard InChI is InChI=1S/C52H32N2.C2H6/c1-2-12-38(13-3-1)54-48-19-8-6-16-42(48)44-27-23-35(32-51(44)54)34-24-28-50-46(30-34)43-17-7-9-20-49(43)53(50)39-25-21-33(22-26-39)37-29-36-11-10-18-45-40-14-4-5-15-41(40)47(31-37)52(36)45;1-2/h1-32H;1-2H3. The first-order valence-electron chi connectivity index (χ1n) is 19.7. The van der Waals surface area contributed by atoms with Gasteiger partial charge in [-0.25, -0.2) is 0 Å². The molecular formula is C54H38N2. The van der Waals surface area contributed by atoms with E-state index in [1.54, 1.807) is 0 Å². The van der Waals surface area contributed by atoms with Gasteiger partial charge >= 0.3 is 0 Å². The molecule has 0 unspecified atom stereocenters. The van der Waals surface area contributed by atoms with Crippen molar-refractivity contribution in [3.63, 3.8) is 0 Å². The van der Waals surface area contributed by atoms with E-state index in [1.807, 2.05) is 13.8 Å². The molecule has 0 radical (unpaired) electrons. The van der Waals surface area contributed by atoms with Gasteiger partial charge in [-0.15, -0.1) is 0 Å². The van der Waals surface area contributed by atoms with Crippen LogP contribution in [0.4, 0.5) is 0 Å². The first-order valence-corrected chi connectivity index (χ1v) is 19.7. The van der Waals surface area contributed by atoms with Crippen LogP contribution in [0.5, 0.6) is 0 Å². The zero-order chi connectivity index (χ0) is 37.3. The van der Waals surface area contributed by atoms with Crippen LogP contribution < -0.4 is 0 Å². The second-order valence-electron chi connectivity index (χ2n) is 14.5. The predicted molar refractivity (Wildman–Crippen MR) is 239 cm³/mol. The van der Waals surface area contributed by atoms with E-state index in [9.17, 15) is 0 Å². The van der Waals surface area contributed by atoms with Crippen molar-refractivity contribution in [3.8, 4) is 55.9 Å². The van der Waals surface area contributed by atoms with E-state index in [1.165, 1.54) is 105 Å². The second kappa shape index (κ2) is 12.7. The molecule has 0 fully saturated rings. The van der Waals surface area contributed by atoms with Crippen LogP contribution in [0.1, 0.15) is 13.8 Å². The number of nitrogens with zero attached hydrogens (tertiary/aromatic N) is 2. The van der Waals surface area contributed by atoms with Crippen LogP contribution in [0, 0.1) is 0 Å². The Labute approximate surface area is 326 Å². The minimum Gasteiger partial charge on any atom is -0.309 e. The maximum atomic E-state index is 2.41. The van der Waals surface area contributed by atoms with Crippen LogP contribution in [0.15, 0.2) is 194 Å². The van der Waals surface area contributed by atoms with Crippen molar-refractivity contribution in [3.05, 3.63) is 194 Å². The molecule has 2 heteroatoms. The highest BCUT2D eigenvalue weighted by atomic mass is 15.0. The first-order chi connectivity index (χ1) is 27.8. The Morgan fingerprint density at radius 2 is 0.821 bits per heavy atom.